The fourth-order valence-corrected chi connectivity index (χ4v) is 2.88. The number of aromatic nitrogens is 1. The number of amides is 1. The molecule has 1 N–H and O–H groups in total. The summed E-state index contributed by atoms with van der Waals surface area (Å²) in [6.07, 6.45) is 0. The number of ketones is 1. The lowest BCUT2D eigenvalue weighted by molar-refractivity contribution is -0.121. The smallest absolute Gasteiger partial charge is 0.245 e. The Bertz CT molecular complexity index is 824. The maximum atomic E-state index is 12.2. The Morgan fingerprint density at radius 2 is 2.17 bits per heavy atom. The maximum Gasteiger partial charge on any atom is 0.245 e. The molecule has 2 heterocycles. The topological polar surface area (TPSA) is 101 Å². The van der Waals surface area contributed by atoms with Crippen LogP contribution >= 0.6 is 11.3 Å². The minimum Gasteiger partial charge on any atom is -0.454 e. The Labute approximate surface area is 135 Å². The zero-order valence-electron chi connectivity index (χ0n) is 12.0. The number of Topliss-reactive ketones (excluding diaryl/α,β-unsaturated/α-hetero) is 1. The highest BCUT2D eigenvalue weighted by atomic mass is 32.1. The molecular formula is C15H11N3O4S. The Morgan fingerprint density at radius 3 is 2.91 bits per heavy atom. The second-order valence-electron chi connectivity index (χ2n) is 4.65. The van der Waals surface area contributed by atoms with Gasteiger partial charge in [0, 0.05) is 18.0 Å². The van der Waals surface area contributed by atoms with Crippen LogP contribution in [-0.4, -0.2) is 30.5 Å². The van der Waals surface area contributed by atoms with Crippen LogP contribution < -0.4 is 14.8 Å². The van der Waals surface area contributed by atoms with Gasteiger partial charge >= 0.3 is 0 Å². The standard InChI is InChI=1S/C15H11N3O4S/c1-17-14(20)9(5-16)13(19)10-6-23-15(18-10)8-2-3-11-12(4-8)22-7-21-11/h2-4,6,9H,7H2,1H3,(H,17,20)/t9-/m0/s1. The van der Waals surface area contributed by atoms with Gasteiger partial charge in [-0.2, -0.15) is 5.26 Å². The predicted octanol–water partition coefficient (Wildman–Crippen LogP) is 1.61. The highest BCUT2D eigenvalue weighted by molar-refractivity contribution is 7.13. The van der Waals surface area contributed by atoms with Gasteiger partial charge in [0.1, 0.15) is 10.7 Å². The minimum absolute atomic E-state index is 0.0952. The first kappa shape index (κ1) is 15.0. The van der Waals surface area contributed by atoms with Gasteiger partial charge in [-0.1, -0.05) is 0 Å². The lowest BCUT2D eigenvalue weighted by Gasteiger charge is -2.04. The molecule has 0 saturated heterocycles. The van der Waals surface area contributed by atoms with E-state index >= 15 is 0 Å². The van der Waals surface area contributed by atoms with Crippen molar-refractivity contribution in [2.24, 2.45) is 5.92 Å². The van der Waals surface area contributed by atoms with Crippen molar-refractivity contribution in [3.63, 3.8) is 0 Å². The SMILES string of the molecule is CNC(=O)[C@@H](C#N)C(=O)c1csc(-c2ccc3c(c2)OCO3)n1. The molecule has 1 atom stereocenters. The molecule has 8 heteroatoms. The van der Waals surface area contributed by atoms with Gasteiger partial charge in [0.25, 0.3) is 0 Å². The molecule has 0 spiro atoms. The first-order chi connectivity index (χ1) is 11.1. The molecule has 116 valence electrons. The number of thiazole rings is 1. The number of nitrogens with one attached hydrogen (secondary N) is 1. The molecule has 0 saturated carbocycles. The zero-order chi connectivity index (χ0) is 16.4. The number of hydrogen-bond donors (Lipinski definition) is 1. The molecule has 23 heavy (non-hydrogen) atoms. The van der Waals surface area contributed by atoms with Crippen molar-refractivity contribution in [3.05, 3.63) is 29.3 Å². The summed E-state index contributed by atoms with van der Waals surface area (Å²) in [6, 6.07) is 7.05. The van der Waals surface area contributed by atoms with E-state index < -0.39 is 17.6 Å². The molecule has 0 unspecified atom stereocenters. The van der Waals surface area contributed by atoms with E-state index in [1.807, 2.05) is 0 Å². The van der Waals surface area contributed by atoms with Gasteiger partial charge in [-0.3, -0.25) is 9.59 Å². The Morgan fingerprint density at radius 1 is 1.39 bits per heavy atom. The number of hydrogen-bond acceptors (Lipinski definition) is 7. The van der Waals surface area contributed by atoms with Crippen molar-refractivity contribution in [2.45, 2.75) is 0 Å². The molecule has 1 aliphatic heterocycles. The summed E-state index contributed by atoms with van der Waals surface area (Å²) in [6.45, 7) is 0.177. The monoisotopic (exact) mass is 329 g/mol. The molecule has 1 aliphatic rings. The Hall–Kier alpha value is -2.92. The van der Waals surface area contributed by atoms with Crippen LogP contribution in [-0.2, 0) is 4.79 Å². The van der Waals surface area contributed by atoms with E-state index in [9.17, 15) is 9.59 Å². The molecule has 3 rings (SSSR count). The summed E-state index contributed by atoms with van der Waals surface area (Å²) in [5.74, 6) is -1.38. The maximum absolute atomic E-state index is 12.2. The quantitative estimate of drug-likeness (QED) is 0.675. The molecule has 7 nitrogen and oxygen atoms in total. The van der Waals surface area contributed by atoms with Crippen LogP contribution in [0.15, 0.2) is 23.6 Å². The summed E-state index contributed by atoms with van der Waals surface area (Å²) >= 11 is 1.25. The van der Waals surface area contributed by atoms with Crippen LogP contribution in [0, 0.1) is 17.2 Å². The Balaban J connectivity index is 1.87. The molecule has 0 bridgehead atoms. The highest BCUT2D eigenvalue weighted by Gasteiger charge is 2.28. The average molecular weight is 329 g/mol. The Kier molecular flexibility index (Phi) is 3.95. The molecule has 1 aromatic heterocycles. The molecule has 2 aromatic rings. The van der Waals surface area contributed by atoms with E-state index in [-0.39, 0.29) is 12.5 Å². The molecule has 1 amide bonds. The largest absolute Gasteiger partial charge is 0.454 e. The van der Waals surface area contributed by atoms with Crippen molar-refractivity contribution < 1.29 is 19.1 Å². The van der Waals surface area contributed by atoms with E-state index in [2.05, 4.69) is 10.3 Å². The average Bonchev–Trinajstić information content (AvgIpc) is 3.23. The highest BCUT2D eigenvalue weighted by Crippen LogP contribution is 2.36. The number of carbonyl (C=O) groups excluding carboxylic acids is 2. The van der Waals surface area contributed by atoms with Crippen LogP contribution in [0.1, 0.15) is 10.5 Å². The summed E-state index contributed by atoms with van der Waals surface area (Å²) in [5, 5.41) is 13.4. The molecule has 0 radical (unpaired) electrons. The summed E-state index contributed by atoms with van der Waals surface area (Å²) in [7, 11) is 1.37. The third kappa shape index (κ3) is 2.74. The van der Waals surface area contributed by atoms with E-state index in [4.69, 9.17) is 14.7 Å². The summed E-state index contributed by atoms with van der Waals surface area (Å²) < 4.78 is 10.6. The van der Waals surface area contributed by atoms with Gasteiger partial charge in [-0.15, -0.1) is 11.3 Å². The van der Waals surface area contributed by atoms with Crippen LogP contribution in [0.3, 0.4) is 0 Å². The van der Waals surface area contributed by atoms with E-state index in [0.29, 0.717) is 16.5 Å². The fourth-order valence-electron chi connectivity index (χ4n) is 2.08. The number of nitrogens with zero attached hydrogens (tertiary/aromatic N) is 2. The van der Waals surface area contributed by atoms with Crippen LogP contribution in [0.2, 0.25) is 0 Å². The summed E-state index contributed by atoms with van der Waals surface area (Å²) in [5.41, 5.74) is 0.865. The first-order valence-electron chi connectivity index (χ1n) is 6.65. The van der Waals surface area contributed by atoms with E-state index in [1.54, 1.807) is 24.3 Å². The third-order valence-electron chi connectivity index (χ3n) is 3.28. The number of benzene rings is 1. The van der Waals surface area contributed by atoms with Crippen molar-refractivity contribution >= 4 is 23.0 Å². The molecular weight excluding hydrogens is 318 g/mol. The van der Waals surface area contributed by atoms with E-state index in [0.717, 1.165) is 5.56 Å². The van der Waals surface area contributed by atoms with Gasteiger partial charge in [-0.05, 0) is 18.2 Å². The molecule has 0 fully saturated rings. The summed E-state index contributed by atoms with van der Waals surface area (Å²) in [4.78, 5) is 28.0. The second kappa shape index (κ2) is 6.06. The number of rotatable bonds is 4. The van der Waals surface area contributed by atoms with Crippen molar-refractivity contribution in [1.82, 2.24) is 10.3 Å². The zero-order valence-corrected chi connectivity index (χ0v) is 12.8. The number of ether oxygens (including phenoxy) is 2. The van der Waals surface area contributed by atoms with Crippen molar-refractivity contribution in [2.75, 3.05) is 13.8 Å². The van der Waals surface area contributed by atoms with Crippen LogP contribution in [0.4, 0.5) is 0 Å². The molecule has 0 aliphatic carbocycles. The van der Waals surface area contributed by atoms with Crippen LogP contribution in [0.25, 0.3) is 10.6 Å². The van der Waals surface area contributed by atoms with Gasteiger partial charge in [-0.25, -0.2) is 4.98 Å². The fraction of sp³-hybridized carbons (Fsp3) is 0.200. The number of nitriles is 1. The predicted molar refractivity (Wildman–Crippen MR) is 81.2 cm³/mol. The first-order valence-corrected chi connectivity index (χ1v) is 7.53. The van der Waals surface area contributed by atoms with Gasteiger partial charge in [0.05, 0.1) is 6.07 Å². The second-order valence-corrected chi connectivity index (χ2v) is 5.50. The normalized spacial score (nSPS) is 13.2. The lowest BCUT2D eigenvalue weighted by atomic mass is 10.0. The van der Waals surface area contributed by atoms with Crippen molar-refractivity contribution in [1.29, 1.82) is 5.26 Å². The van der Waals surface area contributed by atoms with Crippen molar-refractivity contribution in [3.8, 4) is 28.1 Å². The van der Waals surface area contributed by atoms with E-state index in [1.165, 1.54) is 23.8 Å². The van der Waals surface area contributed by atoms with Gasteiger partial charge < -0.3 is 14.8 Å². The van der Waals surface area contributed by atoms with Gasteiger partial charge in [0.15, 0.2) is 17.4 Å². The minimum atomic E-state index is -1.40. The van der Waals surface area contributed by atoms with Gasteiger partial charge in [0.2, 0.25) is 18.5 Å². The lowest BCUT2D eigenvalue weighted by Crippen LogP contribution is -2.32. The molecule has 1 aromatic carbocycles. The number of fused-ring (bicyclic) bond motifs is 1. The van der Waals surface area contributed by atoms with Crippen LogP contribution in [0.5, 0.6) is 11.5 Å². The number of carbonyl (C=O) groups is 2. The third-order valence-corrected chi connectivity index (χ3v) is 4.17.